The maximum absolute atomic E-state index is 4.89. The number of nitrogens with zero attached hydrogens (tertiary/aromatic N) is 1. The predicted octanol–water partition coefficient (Wildman–Crippen LogP) is 3.35. The average Bonchev–Trinajstić information content (AvgIpc) is 2.73. The molecular weight excluding hydrogens is 248 g/mol. The van der Waals surface area contributed by atoms with E-state index in [0.717, 1.165) is 13.0 Å². The van der Waals surface area contributed by atoms with Gasteiger partial charge in [-0.05, 0) is 38.5 Å². The molecule has 2 heterocycles. The third kappa shape index (κ3) is 2.69. The van der Waals surface area contributed by atoms with Crippen LogP contribution in [0.15, 0.2) is 0 Å². The third-order valence-corrected chi connectivity index (χ3v) is 5.88. The fourth-order valence-electron chi connectivity index (χ4n) is 2.48. The van der Waals surface area contributed by atoms with Gasteiger partial charge < -0.3 is 5.32 Å². The lowest BCUT2D eigenvalue weighted by atomic mass is 9.96. The molecule has 0 spiro atoms. The van der Waals surface area contributed by atoms with Crippen molar-refractivity contribution in [1.29, 1.82) is 0 Å². The molecule has 1 saturated heterocycles. The number of hydrogen-bond donors (Lipinski definition) is 1. The van der Waals surface area contributed by atoms with Crippen molar-refractivity contribution in [1.82, 2.24) is 10.3 Å². The van der Waals surface area contributed by atoms with Gasteiger partial charge >= 0.3 is 0 Å². The molecule has 1 atom stereocenters. The maximum Gasteiger partial charge on any atom is 0.114 e. The molecule has 1 aliphatic heterocycles. The highest BCUT2D eigenvalue weighted by atomic mass is 32.2. The van der Waals surface area contributed by atoms with Crippen molar-refractivity contribution in [2.75, 3.05) is 18.1 Å². The highest BCUT2D eigenvalue weighted by Crippen LogP contribution is 2.38. The molecule has 2 rings (SSSR count). The van der Waals surface area contributed by atoms with Crippen LogP contribution in [-0.2, 0) is 12.0 Å². The van der Waals surface area contributed by atoms with E-state index in [1.54, 1.807) is 0 Å². The molecule has 0 aliphatic carbocycles. The van der Waals surface area contributed by atoms with E-state index in [4.69, 9.17) is 4.98 Å². The number of thiazole rings is 1. The van der Waals surface area contributed by atoms with Crippen molar-refractivity contribution in [2.45, 2.75) is 45.6 Å². The standard InChI is InChI=1S/C13H22N2S2/c1-4-11-10(3)17-12(15-11)13(14-5-2)7-6-8-16-9-13/h14H,4-9H2,1-3H3. The summed E-state index contributed by atoms with van der Waals surface area (Å²) in [6, 6.07) is 0. The number of aromatic nitrogens is 1. The van der Waals surface area contributed by atoms with E-state index in [1.165, 1.54) is 39.9 Å². The van der Waals surface area contributed by atoms with Crippen molar-refractivity contribution in [3.63, 3.8) is 0 Å². The summed E-state index contributed by atoms with van der Waals surface area (Å²) in [7, 11) is 0. The first-order chi connectivity index (χ1) is 8.22. The van der Waals surface area contributed by atoms with Gasteiger partial charge in [0.05, 0.1) is 11.2 Å². The fourth-order valence-corrected chi connectivity index (χ4v) is 4.99. The molecule has 96 valence electrons. The van der Waals surface area contributed by atoms with Gasteiger partial charge in [-0.1, -0.05) is 13.8 Å². The summed E-state index contributed by atoms with van der Waals surface area (Å²) in [5.74, 6) is 2.48. The first kappa shape index (κ1) is 13.4. The smallest absolute Gasteiger partial charge is 0.114 e. The van der Waals surface area contributed by atoms with Crippen LogP contribution in [0.1, 0.15) is 42.3 Å². The van der Waals surface area contributed by atoms with E-state index in [2.05, 4.69) is 37.8 Å². The Kier molecular flexibility index (Phi) is 4.50. The molecule has 1 unspecified atom stereocenters. The molecule has 0 amide bonds. The lowest BCUT2D eigenvalue weighted by Gasteiger charge is -2.35. The predicted molar refractivity (Wildman–Crippen MR) is 78.1 cm³/mol. The summed E-state index contributed by atoms with van der Waals surface area (Å²) in [4.78, 5) is 6.28. The van der Waals surface area contributed by atoms with E-state index in [-0.39, 0.29) is 5.54 Å². The van der Waals surface area contributed by atoms with Gasteiger partial charge in [-0.3, -0.25) is 0 Å². The zero-order valence-corrected chi connectivity index (χ0v) is 12.6. The zero-order chi connectivity index (χ0) is 12.3. The molecule has 0 radical (unpaired) electrons. The minimum absolute atomic E-state index is 0.153. The quantitative estimate of drug-likeness (QED) is 0.908. The Morgan fingerprint density at radius 2 is 2.24 bits per heavy atom. The van der Waals surface area contributed by atoms with E-state index in [9.17, 15) is 0 Å². The first-order valence-electron chi connectivity index (χ1n) is 6.51. The molecule has 0 saturated carbocycles. The Hall–Kier alpha value is -0.0600. The van der Waals surface area contributed by atoms with Crippen LogP contribution in [0.4, 0.5) is 0 Å². The molecule has 0 bridgehead atoms. The monoisotopic (exact) mass is 270 g/mol. The van der Waals surface area contributed by atoms with Gasteiger partial charge in [0.25, 0.3) is 0 Å². The normalized spacial score (nSPS) is 25.1. The van der Waals surface area contributed by atoms with Gasteiger partial charge in [-0.2, -0.15) is 11.8 Å². The summed E-state index contributed by atoms with van der Waals surface area (Å²) >= 11 is 3.96. The fraction of sp³-hybridized carbons (Fsp3) is 0.769. The number of hydrogen-bond acceptors (Lipinski definition) is 4. The van der Waals surface area contributed by atoms with E-state index in [1.807, 2.05) is 11.3 Å². The second-order valence-electron chi connectivity index (χ2n) is 4.64. The topological polar surface area (TPSA) is 24.9 Å². The van der Waals surface area contributed by atoms with Crippen molar-refractivity contribution in [3.05, 3.63) is 15.6 Å². The van der Waals surface area contributed by atoms with Crippen LogP contribution in [0, 0.1) is 6.92 Å². The molecule has 4 heteroatoms. The number of rotatable bonds is 4. The van der Waals surface area contributed by atoms with Gasteiger partial charge in [0.15, 0.2) is 0 Å². The summed E-state index contributed by atoms with van der Waals surface area (Å²) in [5, 5.41) is 5.03. The minimum Gasteiger partial charge on any atom is -0.305 e. The SMILES string of the molecule is CCNC1(c2nc(CC)c(C)s2)CCCSC1. The number of nitrogens with one attached hydrogen (secondary N) is 1. The molecule has 2 nitrogen and oxygen atoms in total. The Bertz CT molecular complexity index is 362. The van der Waals surface area contributed by atoms with Crippen LogP contribution >= 0.6 is 23.1 Å². The molecule has 1 aromatic rings. The maximum atomic E-state index is 4.89. The van der Waals surface area contributed by atoms with Gasteiger partial charge in [-0.25, -0.2) is 4.98 Å². The Morgan fingerprint density at radius 3 is 2.76 bits per heavy atom. The summed E-state index contributed by atoms with van der Waals surface area (Å²) in [6.45, 7) is 7.62. The highest BCUT2D eigenvalue weighted by molar-refractivity contribution is 7.99. The summed E-state index contributed by atoms with van der Waals surface area (Å²) in [6.07, 6.45) is 3.60. The van der Waals surface area contributed by atoms with Gasteiger partial charge in [0, 0.05) is 10.6 Å². The van der Waals surface area contributed by atoms with E-state index < -0.39 is 0 Å². The second kappa shape index (κ2) is 5.72. The van der Waals surface area contributed by atoms with Crippen LogP contribution in [0.5, 0.6) is 0 Å². The van der Waals surface area contributed by atoms with E-state index in [0.29, 0.717) is 0 Å². The third-order valence-electron chi connectivity index (χ3n) is 3.39. The Balaban J connectivity index is 2.30. The Labute approximate surface area is 113 Å². The summed E-state index contributed by atoms with van der Waals surface area (Å²) in [5.41, 5.74) is 1.44. The largest absolute Gasteiger partial charge is 0.305 e. The lowest BCUT2D eigenvalue weighted by molar-refractivity contribution is 0.344. The van der Waals surface area contributed by atoms with Crippen LogP contribution in [0.3, 0.4) is 0 Å². The number of thioether (sulfide) groups is 1. The molecule has 1 fully saturated rings. The molecular formula is C13H22N2S2. The van der Waals surface area contributed by atoms with Gasteiger partial charge in [0.1, 0.15) is 5.01 Å². The Morgan fingerprint density at radius 1 is 1.41 bits per heavy atom. The van der Waals surface area contributed by atoms with Crippen LogP contribution < -0.4 is 5.32 Å². The van der Waals surface area contributed by atoms with Crippen molar-refractivity contribution >= 4 is 23.1 Å². The van der Waals surface area contributed by atoms with Crippen LogP contribution in [-0.4, -0.2) is 23.0 Å². The average molecular weight is 270 g/mol. The molecule has 1 aliphatic rings. The molecule has 1 aromatic heterocycles. The molecule has 17 heavy (non-hydrogen) atoms. The van der Waals surface area contributed by atoms with E-state index >= 15 is 0 Å². The van der Waals surface area contributed by atoms with Gasteiger partial charge in [0.2, 0.25) is 0 Å². The number of aryl methyl sites for hydroxylation is 2. The highest BCUT2D eigenvalue weighted by Gasteiger charge is 2.36. The minimum atomic E-state index is 0.153. The van der Waals surface area contributed by atoms with Crippen LogP contribution in [0.2, 0.25) is 0 Å². The van der Waals surface area contributed by atoms with Crippen molar-refractivity contribution in [2.24, 2.45) is 0 Å². The van der Waals surface area contributed by atoms with Gasteiger partial charge in [-0.15, -0.1) is 11.3 Å². The summed E-state index contributed by atoms with van der Waals surface area (Å²) < 4.78 is 0. The zero-order valence-electron chi connectivity index (χ0n) is 11.0. The second-order valence-corrected chi connectivity index (χ2v) is 6.95. The van der Waals surface area contributed by atoms with Crippen molar-refractivity contribution < 1.29 is 0 Å². The molecule has 1 N–H and O–H groups in total. The van der Waals surface area contributed by atoms with Crippen molar-refractivity contribution in [3.8, 4) is 0 Å². The van der Waals surface area contributed by atoms with Crippen LogP contribution in [0.25, 0.3) is 0 Å². The lowest BCUT2D eigenvalue weighted by Crippen LogP contribution is -2.46. The first-order valence-corrected chi connectivity index (χ1v) is 8.48. The molecule has 0 aromatic carbocycles.